The van der Waals surface area contributed by atoms with E-state index in [0.29, 0.717) is 18.2 Å². The summed E-state index contributed by atoms with van der Waals surface area (Å²) < 4.78 is 27.8. The van der Waals surface area contributed by atoms with E-state index in [1.54, 1.807) is 30.6 Å². The fraction of sp³-hybridized carbons (Fsp3) is 0.357. The first-order chi connectivity index (χ1) is 9.56. The minimum absolute atomic E-state index is 0.168. The number of nitrogens with one attached hydrogen (secondary N) is 1. The molecule has 2 aromatic rings. The maximum absolute atomic E-state index is 12.6. The van der Waals surface area contributed by atoms with Crippen molar-refractivity contribution < 1.29 is 13.5 Å². The fourth-order valence-corrected chi connectivity index (χ4v) is 4.24. The molecule has 106 valence electrons. The molecule has 2 N–H and O–H groups in total. The number of hydrogen-bond donors (Lipinski definition) is 2. The van der Waals surface area contributed by atoms with Gasteiger partial charge in [0.05, 0.1) is 17.0 Å². The van der Waals surface area contributed by atoms with E-state index in [1.165, 1.54) is 0 Å². The van der Waals surface area contributed by atoms with Gasteiger partial charge in [0.15, 0.2) is 0 Å². The summed E-state index contributed by atoms with van der Waals surface area (Å²) in [6.07, 6.45) is 5.50. The van der Waals surface area contributed by atoms with Gasteiger partial charge in [-0.1, -0.05) is 12.1 Å². The largest absolute Gasteiger partial charge is 0.394 e. The summed E-state index contributed by atoms with van der Waals surface area (Å²) in [6.45, 7) is -0.168. The van der Waals surface area contributed by atoms with E-state index in [-0.39, 0.29) is 11.5 Å². The van der Waals surface area contributed by atoms with Crippen molar-refractivity contribution in [2.75, 3.05) is 6.61 Å². The van der Waals surface area contributed by atoms with Gasteiger partial charge >= 0.3 is 0 Å². The van der Waals surface area contributed by atoms with Crippen LogP contribution in [0.4, 0.5) is 0 Å². The summed E-state index contributed by atoms with van der Waals surface area (Å²) in [6, 6.07) is 6.79. The van der Waals surface area contributed by atoms with Crippen LogP contribution in [0.1, 0.15) is 19.3 Å². The summed E-state index contributed by atoms with van der Waals surface area (Å²) in [5, 5.41) is 10.8. The number of sulfonamides is 1. The van der Waals surface area contributed by atoms with Crippen molar-refractivity contribution in [2.45, 2.75) is 29.7 Å². The van der Waals surface area contributed by atoms with Crippen LogP contribution in [-0.2, 0) is 10.0 Å². The highest BCUT2D eigenvalue weighted by atomic mass is 32.2. The smallest absolute Gasteiger partial charge is 0.241 e. The van der Waals surface area contributed by atoms with Crippen LogP contribution in [0.15, 0.2) is 41.6 Å². The molecule has 3 rings (SSSR count). The molecule has 0 aliphatic heterocycles. The van der Waals surface area contributed by atoms with Gasteiger partial charge < -0.3 is 5.11 Å². The highest BCUT2D eigenvalue weighted by Gasteiger charge is 2.40. The zero-order valence-electron chi connectivity index (χ0n) is 10.9. The quantitative estimate of drug-likeness (QED) is 0.893. The third kappa shape index (κ3) is 2.19. The van der Waals surface area contributed by atoms with Crippen LogP contribution in [0.2, 0.25) is 0 Å². The third-order valence-electron chi connectivity index (χ3n) is 3.89. The first kappa shape index (κ1) is 13.5. The molecule has 6 heteroatoms. The number of aromatic nitrogens is 1. The van der Waals surface area contributed by atoms with Crippen molar-refractivity contribution in [3.63, 3.8) is 0 Å². The van der Waals surface area contributed by atoms with Crippen molar-refractivity contribution in [1.29, 1.82) is 0 Å². The number of aliphatic hydroxyl groups excluding tert-OH is 1. The number of aliphatic hydroxyl groups is 1. The zero-order chi connectivity index (χ0) is 14.2. The molecule has 0 atom stereocenters. The van der Waals surface area contributed by atoms with E-state index < -0.39 is 15.6 Å². The molecule has 0 unspecified atom stereocenters. The SMILES string of the molecule is O=S(=O)(NC1(CO)CCC1)c1cccc2cnccc12. The Labute approximate surface area is 117 Å². The maximum Gasteiger partial charge on any atom is 0.241 e. The van der Waals surface area contributed by atoms with Gasteiger partial charge in [0.25, 0.3) is 0 Å². The van der Waals surface area contributed by atoms with Crippen LogP contribution in [0.25, 0.3) is 10.8 Å². The van der Waals surface area contributed by atoms with Crippen molar-refractivity contribution in [3.8, 4) is 0 Å². The average Bonchev–Trinajstić information content (AvgIpc) is 2.42. The first-order valence-electron chi connectivity index (χ1n) is 6.54. The topological polar surface area (TPSA) is 79.3 Å². The minimum Gasteiger partial charge on any atom is -0.394 e. The monoisotopic (exact) mass is 292 g/mol. The van der Waals surface area contributed by atoms with E-state index >= 15 is 0 Å². The molecule has 1 saturated carbocycles. The predicted octanol–water partition coefficient (Wildman–Crippen LogP) is 1.43. The van der Waals surface area contributed by atoms with Crippen LogP contribution in [0.5, 0.6) is 0 Å². The second-order valence-electron chi connectivity index (χ2n) is 5.25. The number of pyridine rings is 1. The Morgan fingerprint density at radius 3 is 2.75 bits per heavy atom. The molecule has 0 bridgehead atoms. The van der Waals surface area contributed by atoms with E-state index in [4.69, 9.17) is 0 Å². The van der Waals surface area contributed by atoms with Gasteiger partial charge in [-0.3, -0.25) is 4.98 Å². The molecule has 1 heterocycles. The van der Waals surface area contributed by atoms with Crippen LogP contribution < -0.4 is 4.72 Å². The summed E-state index contributed by atoms with van der Waals surface area (Å²) in [5.74, 6) is 0. The molecule has 0 amide bonds. The molecule has 0 saturated heterocycles. The summed E-state index contributed by atoms with van der Waals surface area (Å²) in [4.78, 5) is 4.23. The molecular weight excluding hydrogens is 276 g/mol. The normalized spacial score (nSPS) is 17.9. The average molecular weight is 292 g/mol. The Morgan fingerprint density at radius 2 is 2.10 bits per heavy atom. The minimum atomic E-state index is -3.66. The van der Waals surface area contributed by atoms with Crippen molar-refractivity contribution in [1.82, 2.24) is 9.71 Å². The maximum atomic E-state index is 12.6. The molecule has 1 aliphatic carbocycles. The molecule has 1 aliphatic rings. The fourth-order valence-electron chi connectivity index (χ4n) is 2.56. The molecule has 1 fully saturated rings. The summed E-state index contributed by atoms with van der Waals surface area (Å²) >= 11 is 0. The van der Waals surface area contributed by atoms with Crippen molar-refractivity contribution >= 4 is 20.8 Å². The Kier molecular flexibility index (Phi) is 3.24. The molecule has 5 nitrogen and oxygen atoms in total. The lowest BCUT2D eigenvalue weighted by molar-refractivity contribution is 0.111. The van der Waals surface area contributed by atoms with Crippen LogP contribution in [-0.4, -0.2) is 30.7 Å². The van der Waals surface area contributed by atoms with Gasteiger partial charge in [-0.05, 0) is 31.4 Å². The Hall–Kier alpha value is -1.50. The lowest BCUT2D eigenvalue weighted by atomic mass is 9.78. The molecule has 1 aromatic heterocycles. The highest BCUT2D eigenvalue weighted by molar-refractivity contribution is 7.89. The third-order valence-corrected chi connectivity index (χ3v) is 5.53. The van der Waals surface area contributed by atoms with Crippen LogP contribution in [0.3, 0.4) is 0 Å². The summed E-state index contributed by atoms with van der Waals surface area (Å²) in [7, 11) is -3.66. The van der Waals surface area contributed by atoms with E-state index in [9.17, 15) is 13.5 Å². The summed E-state index contributed by atoms with van der Waals surface area (Å²) in [5.41, 5.74) is -0.686. The second kappa shape index (κ2) is 4.80. The Bertz CT molecular complexity index is 728. The highest BCUT2D eigenvalue weighted by Crippen LogP contribution is 2.33. The molecule has 0 radical (unpaired) electrons. The van der Waals surface area contributed by atoms with Crippen LogP contribution in [0, 0.1) is 0 Å². The predicted molar refractivity (Wildman–Crippen MR) is 75.7 cm³/mol. The Morgan fingerprint density at radius 1 is 1.30 bits per heavy atom. The lowest BCUT2D eigenvalue weighted by Gasteiger charge is -2.40. The Balaban J connectivity index is 2.05. The van der Waals surface area contributed by atoms with Gasteiger partial charge in [-0.25, -0.2) is 13.1 Å². The first-order valence-corrected chi connectivity index (χ1v) is 8.02. The standard InChI is InChI=1S/C14H16N2O3S/c17-10-14(6-2-7-14)16-20(18,19)13-4-1-3-11-9-15-8-5-12(11)13/h1,3-5,8-9,16-17H,2,6-7,10H2. The number of fused-ring (bicyclic) bond motifs is 1. The number of benzene rings is 1. The van der Waals surface area contributed by atoms with Crippen LogP contribution >= 0.6 is 0 Å². The van der Waals surface area contributed by atoms with Gasteiger partial charge in [-0.15, -0.1) is 0 Å². The number of nitrogens with zero attached hydrogens (tertiary/aromatic N) is 1. The molecule has 20 heavy (non-hydrogen) atoms. The van der Waals surface area contributed by atoms with E-state index in [0.717, 1.165) is 11.8 Å². The van der Waals surface area contributed by atoms with E-state index in [1.807, 2.05) is 6.07 Å². The van der Waals surface area contributed by atoms with Gasteiger partial charge in [0, 0.05) is 23.2 Å². The lowest BCUT2D eigenvalue weighted by Crippen LogP contribution is -2.55. The molecule has 0 spiro atoms. The van der Waals surface area contributed by atoms with E-state index in [2.05, 4.69) is 9.71 Å². The second-order valence-corrected chi connectivity index (χ2v) is 6.90. The van der Waals surface area contributed by atoms with Crippen molar-refractivity contribution in [2.24, 2.45) is 0 Å². The zero-order valence-corrected chi connectivity index (χ0v) is 11.7. The van der Waals surface area contributed by atoms with Gasteiger partial charge in [0.1, 0.15) is 0 Å². The van der Waals surface area contributed by atoms with Gasteiger partial charge in [0.2, 0.25) is 10.0 Å². The van der Waals surface area contributed by atoms with Gasteiger partial charge in [-0.2, -0.15) is 0 Å². The molecular formula is C14H16N2O3S. The van der Waals surface area contributed by atoms with Crippen molar-refractivity contribution in [3.05, 3.63) is 36.7 Å². The molecule has 1 aromatic carbocycles. The number of rotatable bonds is 4. The number of hydrogen-bond acceptors (Lipinski definition) is 4.